The van der Waals surface area contributed by atoms with Crippen LogP contribution in [-0.4, -0.2) is 40.4 Å². The molecule has 2 N–H and O–H groups in total. The minimum Gasteiger partial charge on any atom is -0.426 e. The van der Waals surface area contributed by atoms with E-state index < -0.39 is 45.2 Å². The zero-order valence-corrected chi connectivity index (χ0v) is 17.0. The fourth-order valence-corrected chi connectivity index (χ4v) is 4.03. The van der Waals surface area contributed by atoms with Gasteiger partial charge in [-0.2, -0.15) is 0 Å². The maximum atomic E-state index is 11.9. The number of rotatable bonds is 4. The lowest BCUT2D eigenvalue weighted by atomic mass is 10.2. The van der Waals surface area contributed by atoms with Gasteiger partial charge in [-0.3, -0.25) is 23.4 Å². The number of aliphatic hydroxyl groups is 1. The summed E-state index contributed by atoms with van der Waals surface area (Å²) in [5.74, 6) is 0.704. The number of hydrogen-bond acceptors (Lipinski definition) is 7. The van der Waals surface area contributed by atoms with Crippen molar-refractivity contribution in [1.29, 1.82) is 0 Å². The number of nitrogens with zero attached hydrogens (tertiary/aromatic N) is 1. The lowest BCUT2D eigenvalue weighted by molar-refractivity contribution is -0.0436. The van der Waals surface area contributed by atoms with Gasteiger partial charge in [-0.1, -0.05) is 29.8 Å². The lowest BCUT2D eigenvalue weighted by Gasteiger charge is -2.25. The van der Waals surface area contributed by atoms with Gasteiger partial charge in [-0.15, -0.1) is 0 Å². The SMILES string of the molecule is FCF.O=c1[nH]c(=O)n(C2CC(O)C(COP3OCc4ccccc4O3)O2)cc1Cl. The fraction of sp³-hybridized carbons (Fsp3) is 0.412. The molecule has 4 atom stereocenters. The Balaban J connectivity index is 0.000000806. The number of para-hydroxylation sites is 1. The third-order valence-corrected chi connectivity index (χ3v) is 5.57. The molecular formula is C17H18ClF2N2O7P. The van der Waals surface area contributed by atoms with Gasteiger partial charge in [0.2, 0.25) is 6.93 Å². The minimum absolute atomic E-state index is 0.0252. The maximum absolute atomic E-state index is 11.9. The van der Waals surface area contributed by atoms with Crippen LogP contribution in [0, 0.1) is 0 Å². The second-order valence-corrected chi connectivity index (χ2v) is 7.72. The van der Waals surface area contributed by atoms with Crippen LogP contribution in [0.25, 0.3) is 0 Å². The van der Waals surface area contributed by atoms with Crippen molar-refractivity contribution in [3.8, 4) is 5.75 Å². The maximum Gasteiger partial charge on any atom is 0.397 e. The van der Waals surface area contributed by atoms with Crippen LogP contribution >= 0.6 is 20.2 Å². The molecule has 2 aliphatic heterocycles. The summed E-state index contributed by atoms with van der Waals surface area (Å²) in [6, 6.07) is 7.50. The second kappa shape index (κ2) is 10.4. The molecule has 13 heteroatoms. The average Bonchev–Trinajstić information content (AvgIpc) is 3.10. The predicted molar refractivity (Wildman–Crippen MR) is 103 cm³/mol. The highest BCUT2D eigenvalue weighted by molar-refractivity contribution is 7.42. The van der Waals surface area contributed by atoms with Crippen LogP contribution in [0.15, 0.2) is 40.1 Å². The molecule has 0 bridgehead atoms. The van der Waals surface area contributed by atoms with Gasteiger partial charge in [0.1, 0.15) is 23.1 Å². The molecule has 1 fully saturated rings. The number of aromatic amines is 1. The summed E-state index contributed by atoms with van der Waals surface area (Å²) in [7, 11) is -1.61. The number of aromatic nitrogens is 2. The van der Waals surface area contributed by atoms with Crippen LogP contribution in [0.4, 0.5) is 8.78 Å². The number of alkyl halides is 2. The molecule has 1 saturated heterocycles. The molecule has 0 aliphatic carbocycles. The van der Waals surface area contributed by atoms with Crippen LogP contribution in [0.2, 0.25) is 5.02 Å². The predicted octanol–water partition coefficient (Wildman–Crippen LogP) is 2.57. The lowest BCUT2D eigenvalue weighted by Crippen LogP contribution is -2.32. The molecule has 4 unspecified atom stereocenters. The fourth-order valence-electron chi connectivity index (χ4n) is 2.85. The Morgan fingerprint density at radius 2 is 2.07 bits per heavy atom. The quantitative estimate of drug-likeness (QED) is 0.666. The first-order valence-corrected chi connectivity index (χ1v) is 10.2. The van der Waals surface area contributed by atoms with E-state index in [1.165, 1.54) is 6.20 Å². The van der Waals surface area contributed by atoms with Crippen LogP contribution in [0.1, 0.15) is 18.2 Å². The van der Waals surface area contributed by atoms with E-state index >= 15 is 0 Å². The van der Waals surface area contributed by atoms with Crippen molar-refractivity contribution >= 4 is 20.2 Å². The van der Waals surface area contributed by atoms with Crippen molar-refractivity contribution < 1.29 is 32.2 Å². The van der Waals surface area contributed by atoms with Crippen molar-refractivity contribution in [1.82, 2.24) is 9.55 Å². The largest absolute Gasteiger partial charge is 0.426 e. The van der Waals surface area contributed by atoms with Gasteiger partial charge in [0.05, 0.1) is 19.3 Å². The highest BCUT2D eigenvalue weighted by Gasteiger charge is 2.37. The Bertz CT molecular complexity index is 976. The third kappa shape index (κ3) is 5.42. The molecular weight excluding hydrogens is 449 g/mol. The van der Waals surface area contributed by atoms with Gasteiger partial charge < -0.3 is 14.4 Å². The highest BCUT2D eigenvalue weighted by atomic mass is 35.5. The Hall–Kier alpha value is -1.88. The van der Waals surface area contributed by atoms with Gasteiger partial charge >= 0.3 is 14.3 Å². The van der Waals surface area contributed by atoms with E-state index in [-0.39, 0.29) is 18.1 Å². The number of fused-ring (bicyclic) bond motifs is 1. The molecule has 1 aromatic heterocycles. The van der Waals surface area contributed by atoms with Gasteiger partial charge in [-0.25, -0.2) is 13.6 Å². The van der Waals surface area contributed by atoms with Crippen molar-refractivity contribution in [3.05, 3.63) is 61.9 Å². The summed E-state index contributed by atoms with van der Waals surface area (Å²) >= 11 is 5.76. The van der Waals surface area contributed by atoms with Crippen LogP contribution in [0.3, 0.4) is 0 Å². The molecule has 0 saturated carbocycles. The number of halogens is 3. The van der Waals surface area contributed by atoms with E-state index in [1.807, 2.05) is 24.3 Å². The van der Waals surface area contributed by atoms with Gasteiger partial charge in [-0.05, 0) is 6.07 Å². The highest BCUT2D eigenvalue weighted by Crippen LogP contribution is 2.47. The summed E-state index contributed by atoms with van der Waals surface area (Å²) in [6.07, 6.45) is -0.965. The van der Waals surface area contributed by atoms with E-state index in [0.717, 1.165) is 10.1 Å². The normalized spacial score (nSPS) is 25.1. The standard InChI is InChI=1S/C16H16ClN2O7P.CH2F2/c17-10-6-19(16(22)18-15(10)21)14-5-11(20)13(25-14)8-24-27-23-7-9-3-1-2-4-12(9)26-27;2-1-3/h1-4,6,11,13-14,20H,5,7-8H2,(H,18,21,22);1H2. The molecule has 2 aromatic rings. The van der Waals surface area contributed by atoms with Gasteiger partial charge in [0.15, 0.2) is 0 Å². The Morgan fingerprint density at radius 1 is 1.33 bits per heavy atom. The third-order valence-electron chi connectivity index (χ3n) is 4.25. The first-order valence-electron chi connectivity index (χ1n) is 8.71. The first kappa shape index (κ1) is 22.8. The number of aliphatic hydroxyl groups excluding tert-OH is 1. The van der Waals surface area contributed by atoms with E-state index in [1.54, 1.807) is 0 Å². The molecule has 0 amide bonds. The molecule has 3 heterocycles. The van der Waals surface area contributed by atoms with Crippen molar-refractivity contribution in [2.75, 3.05) is 13.5 Å². The van der Waals surface area contributed by atoms with Crippen molar-refractivity contribution in [3.63, 3.8) is 0 Å². The molecule has 9 nitrogen and oxygen atoms in total. The van der Waals surface area contributed by atoms with Crippen molar-refractivity contribution in [2.45, 2.75) is 31.5 Å². The number of H-pyrrole nitrogens is 1. The molecule has 0 spiro atoms. The zero-order chi connectivity index (χ0) is 21.7. The first-order chi connectivity index (χ1) is 14.4. The molecule has 164 valence electrons. The smallest absolute Gasteiger partial charge is 0.397 e. The van der Waals surface area contributed by atoms with Crippen LogP contribution in [0.5, 0.6) is 5.75 Å². The van der Waals surface area contributed by atoms with Crippen molar-refractivity contribution in [2.24, 2.45) is 0 Å². The van der Waals surface area contributed by atoms with Gasteiger partial charge in [0, 0.05) is 18.2 Å². The Morgan fingerprint density at radius 3 is 2.83 bits per heavy atom. The summed E-state index contributed by atoms with van der Waals surface area (Å²) in [4.78, 5) is 25.4. The number of nitrogens with one attached hydrogen (secondary N) is 1. The molecule has 2 aliphatic rings. The van der Waals surface area contributed by atoms with Gasteiger partial charge in [0.25, 0.3) is 5.56 Å². The van der Waals surface area contributed by atoms with E-state index in [9.17, 15) is 23.5 Å². The monoisotopic (exact) mass is 466 g/mol. The molecule has 4 rings (SSSR count). The average molecular weight is 467 g/mol. The summed E-state index contributed by atoms with van der Waals surface area (Å²) < 4.78 is 42.9. The molecule has 30 heavy (non-hydrogen) atoms. The topological polar surface area (TPSA) is 112 Å². The Labute approximate surface area is 175 Å². The number of benzene rings is 1. The number of ether oxygens (including phenoxy) is 1. The molecule has 0 radical (unpaired) electrons. The zero-order valence-electron chi connectivity index (χ0n) is 15.4. The van der Waals surface area contributed by atoms with Crippen LogP contribution < -0.4 is 15.8 Å². The summed E-state index contributed by atoms with van der Waals surface area (Å²) in [6.45, 7) is -1.35. The number of hydrogen-bond donors (Lipinski definition) is 2. The Kier molecular flexibility index (Phi) is 7.93. The van der Waals surface area contributed by atoms with E-state index in [4.69, 9.17) is 29.9 Å². The minimum atomic E-state index is -1.75. The summed E-state index contributed by atoms with van der Waals surface area (Å²) in [5.41, 5.74) is -0.402. The van der Waals surface area contributed by atoms with Crippen LogP contribution in [-0.2, 0) is 20.4 Å². The van der Waals surface area contributed by atoms with E-state index in [0.29, 0.717) is 12.4 Å². The summed E-state index contributed by atoms with van der Waals surface area (Å²) in [5, 5.41) is 10.1. The second-order valence-electron chi connectivity index (χ2n) is 6.17. The van der Waals surface area contributed by atoms with E-state index in [2.05, 4.69) is 4.98 Å². The molecule has 1 aromatic carbocycles.